The smallest absolute Gasteiger partial charge is 0.305 e. The first kappa shape index (κ1) is 14.8. The molecule has 6 nitrogen and oxygen atoms in total. The molecule has 1 N–H and O–H groups in total. The van der Waals surface area contributed by atoms with E-state index in [0.29, 0.717) is 17.1 Å². The average molecular weight is 288 g/mol. The molecule has 2 aromatic rings. The highest BCUT2D eigenvalue weighted by Crippen LogP contribution is 2.18. The van der Waals surface area contributed by atoms with E-state index >= 15 is 0 Å². The van der Waals surface area contributed by atoms with E-state index in [-0.39, 0.29) is 18.9 Å². The molecule has 0 aliphatic carbocycles. The summed E-state index contributed by atoms with van der Waals surface area (Å²) in [5.74, 6) is -0.400. The number of amides is 1. The van der Waals surface area contributed by atoms with Crippen LogP contribution in [-0.2, 0) is 4.79 Å². The van der Waals surface area contributed by atoms with E-state index in [2.05, 4.69) is 5.16 Å². The van der Waals surface area contributed by atoms with Crippen LogP contribution in [0.5, 0.6) is 0 Å². The molecular weight excluding hydrogens is 272 g/mol. The van der Waals surface area contributed by atoms with Gasteiger partial charge in [-0.2, -0.15) is 0 Å². The van der Waals surface area contributed by atoms with Crippen LogP contribution in [0.15, 0.2) is 34.9 Å². The second-order valence-electron chi connectivity index (χ2n) is 4.76. The molecule has 0 unspecified atom stereocenters. The Balaban J connectivity index is 2.27. The predicted octanol–water partition coefficient (Wildman–Crippen LogP) is 2.41. The van der Waals surface area contributed by atoms with Crippen LogP contribution in [0.25, 0.3) is 0 Å². The zero-order valence-corrected chi connectivity index (χ0v) is 11.9. The van der Waals surface area contributed by atoms with E-state index in [1.165, 1.54) is 4.90 Å². The summed E-state index contributed by atoms with van der Waals surface area (Å²) < 4.78 is 4.97. The number of benzene rings is 1. The molecule has 0 aliphatic rings. The van der Waals surface area contributed by atoms with Gasteiger partial charge in [0.2, 0.25) is 0 Å². The number of carbonyl (C=O) groups excluding carboxylic acids is 1. The van der Waals surface area contributed by atoms with Crippen LogP contribution < -0.4 is 4.90 Å². The van der Waals surface area contributed by atoms with Gasteiger partial charge in [0.05, 0.1) is 6.42 Å². The van der Waals surface area contributed by atoms with Gasteiger partial charge in [-0.25, -0.2) is 0 Å². The first-order chi connectivity index (χ1) is 9.97. The number of nitrogens with zero attached hydrogens (tertiary/aromatic N) is 2. The minimum absolute atomic E-state index is 0.0357. The van der Waals surface area contributed by atoms with Crippen LogP contribution in [0.4, 0.5) is 5.82 Å². The summed E-state index contributed by atoms with van der Waals surface area (Å²) in [4.78, 5) is 24.6. The van der Waals surface area contributed by atoms with Crippen LogP contribution in [-0.4, -0.2) is 28.7 Å². The minimum Gasteiger partial charge on any atom is -0.481 e. The summed E-state index contributed by atoms with van der Waals surface area (Å²) in [6, 6.07) is 8.68. The van der Waals surface area contributed by atoms with Gasteiger partial charge in [-0.05, 0) is 26.0 Å². The monoisotopic (exact) mass is 288 g/mol. The van der Waals surface area contributed by atoms with Crippen LogP contribution >= 0.6 is 0 Å². The molecule has 0 spiro atoms. The molecule has 110 valence electrons. The van der Waals surface area contributed by atoms with Crippen LogP contribution in [0, 0.1) is 13.8 Å². The van der Waals surface area contributed by atoms with E-state index in [9.17, 15) is 9.59 Å². The molecule has 0 saturated heterocycles. The second-order valence-corrected chi connectivity index (χ2v) is 4.76. The number of anilines is 1. The minimum atomic E-state index is -0.975. The Hall–Kier alpha value is -2.63. The van der Waals surface area contributed by atoms with Crippen molar-refractivity contribution in [2.24, 2.45) is 0 Å². The molecule has 6 heteroatoms. The summed E-state index contributed by atoms with van der Waals surface area (Å²) in [6.45, 7) is 3.67. The molecule has 1 heterocycles. The van der Waals surface area contributed by atoms with Crippen LogP contribution in [0.3, 0.4) is 0 Å². The quantitative estimate of drug-likeness (QED) is 0.913. The fraction of sp³-hybridized carbons (Fsp3) is 0.267. The van der Waals surface area contributed by atoms with Gasteiger partial charge in [0.25, 0.3) is 5.91 Å². The van der Waals surface area contributed by atoms with E-state index in [1.54, 1.807) is 25.1 Å². The Morgan fingerprint density at radius 3 is 2.43 bits per heavy atom. The molecule has 1 amide bonds. The third-order valence-corrected chi connectivity index (χ3v) is 2.99. The highest BCUT2D eigenvalue weighted by molar-refractivity contribution is 6.05. The SMILES string of the molecule is Cc1ccc(C(=O)N(CCC(=O)O)c2cc(C)on2)cc1. The molecule has 1 aromatic heterocycles. The van der Waals surface area contributed by atoms with E-state index in [1.807, 2.05) is 19.1 Å². The summed E-state index contributed by atoms with van der Waals surface area (Å²) >= 11 is 0. The van der Waals surface area contributed by atoms with Crippen molar-refractivity contribution in [3.8, 4) is 0 Å². The summed E-state index contributed by atoms with van der Waals surface area (Å²) in [5, 5.41) is 12.6. The molecule has 0 fully saturated rings. The molecule has 0 atom stereocenters. The van der Waals surface area contributed by atoms with Crippen molar-refractivity contribution in [1.29, 1.82) is 0 Å². The fourth-order valence-corrected chi connectivity index (χ4v) is 1.86. The predicted molar refractivity (Wildman–Crippen MR) is 76.3 cm³/mol. The average Bonchev–Trinajstić information content (AvgIpc) is 2.85. The lowest BCUT2D eigenvalue weighted by Gasteiger charge is -2.18. The van der Waals surface area contributed by atoms with Gasteiger partial charge in [-0.1, -0.05) is 22.9 Å². The van der Waals surface area contributed by atoms with Gasteiger partial charge in [0, 0.05) is 18.2 Å². The zero-order valence-electron chi connectivity index (χ0n) is 11.9. The lowest BCUT2D eigenvalue weighted by atomic mass is 10.1. The lowest BCUT2D eigenvalue weighted by molar-refractivity contribution is -0.136. The van der Waals surface area contributed by atoms with Crippen molar-refractivity contribution < 1.29 is 19.2 Å². The van der Waals surface area contributed by atoms with E-state index < -0.39 is 5.97 Å². The summed E-state index contributed by atoms with van der Waals surface area (Å²) in [6.07, 6.45) is -0.163. The first-order valence-electron chi connectivity index (χ1n) is 6.51. The number of aryl methyl sites for hydroxylation is 2. The van der Waals surface area contributed by atoms with Gasteiger partial charge < -0.3 is 9.63 Å². The Labute approximate surface area is 122 Å². The Kier molecular flexibility index (Phi) is 4.37. The van der Waals surface area contributed by atoms with Gasteiger partial charge in [0.15, 0.2) is 5.82 Å². The number of hydrogen-bond donors (Lipinski definition) is 1. The highest BCUT2D eigenvalue weighted by Gasteiger charge is 2.21. The third-order valence-electron chi connectivity index (χ3n) is 2.99. The molecule has 21 heavy (non-hydrogen) atoms. The van der Waals surface area contributed by atoms with E-state index in [4.69, 9.17) is 9.63 Å². The van der Waals surface area contributed by atoms with Gasteiger partial charge >= 0.3 is 5.97 Å². The van der Waals surface area contributed by atoms with Crippen molar-refractivity contribution in [3.63, 3.8) is 0 Å². The number of rotatable bonds is 5. The zero-order chi connectivity index (χ0) is 15.4. The topological polar surface area (TPSA) is 83.6 Å². The number of aliphatic carboxylic acids is 1. The lowest BCUT2D eigenvalue weighted by Crippen LogP contribution is -2.33. The summed E-state index contributed by atoms with van der Waals surface area (Å²) in [7, 11) is 0. The van der Waals surface area contributed by atoms with Gasteiger partial charge in [0.1, 0.15) is 5.76 Å². The number of hydrogen-bond acceptors (Lipinski definition) is 4. The van der Waals surface area contributed by atoms with Crippen LogP contribution in [0.2, 0.25) is 0 Å². The molecule has 0 aliphatic heterocycles. The van der Waals surface area contributed by atoms with Crippen LogP contribution in [0.1, 0.15) is 28.1 Å². The van der Waals surface area contributed by atoms with Crippen molar-refractivity contribution in [3.05, 3.63) is 47.2 Å². The Bertz CT molecular complexity index is 646. The van der Waals surface area contributed by atoms with Crippen molar-refractivity contribution in [2.45, 2.75) is 20.3 Å². The largest absolute Gasteiger partial charge is 0.481 e. The Morgan fingerprint density at radius 2 is 1.90 bits per heavy atom. The first-order valence-corrected chi connectivity index (χ1v) is 6.51. The molecule has 0 radical (unpaired) electrons. The molecule has 2 rings (SSSR count). The van der Waals surface area contributed by atoms with Gasteiger partial charge in [-0.15, -0.1) is 0 Å². The molecular formula is C15H16N2O4. The fourth-order valence-electron chi connectivity index (χ4n) is 1.86. The summed E-state index contributed by atoms with van der Waals surface area (Å²) in [5.41, 5.74) is 1.52. The third kappa shape index (κ3) is 3.68. The number of carbonyl (C=O) groups is 2. The maximum Gasteiger partial charge on any atom is 0.305 e. The number of aromatic nitrogens is 1. The number of carboxylic acid groups (broad SMARTS) is 1. The molecule has 0 bridgehead atoms. The van der Waals surface area contributed by atoms with Crippen molar-refractivity contribution in [2.75, 3.05) is 11.4 Å². The molecule has 0 saturated carbocycles. The maximum atomic E-state index is 12.5. The normalized spacial score (nSPS) is 10.4. The van der Waals surface area contributed by atoms with E-state index in [0.717, 1.165) is 5.56 Å². The number of carboxylic acids is 1. The van der Waals surface area contributed by atoms with Gasteiger partial charge in [-0.3, -0.25) is 14.5 Å². The maximum absolute atomic E-state index is 12.5. The Morgan fingerprint density at radius 1 is 1.24 bits per heavy atom. The molecule has 1 aromatic carbocycles. The standard InChI is InChI=1S/C15H16N2O4/c1-10-3-5-12(6-4-10)15(20)17(8-7-14(18)19)13-9-11(2)21-16-13/h3-6,9H,7-8H2,1-2H3,(H,18,19). The van der Waals surface area contributed by atoms with Crippen molar-refractivity contribution in [1.82, 2.24) is 5.16 Å². The van der Waals surface area contributed by atoms with Crippen molar-refractivity contribution >= 4 is 17.7 Å². The highest BCUT2D eigenvalue weighted by atomic mass is 16.5. The second kappa shape index (κ2) is 6.21.